The van der Waals surface area contributed by atoms with Gasteiger partial charge in [-0.3, -0.25) is 4.57 Å². The van der Waals surface area contributed by atoms with Crippen LogP contribution in [0.15, 0.2) is 18.3 Å². The van der Waals surface area contributed by atoms with Gasteiger partial charge in [-0.1, -0.05) is 26.7 Å². The highest BCUT2D eigenvalue weighted by Crippen LogP contribution is 2.24. The third-order valence-corrected chi connectivity index (χ3v) is 3.32. The summed E-state index contributed by atoms with van der Waals surface area (Å²) in [5.74, 6) is 1.33. The molecule has 2 aromatic rings. The van der Waals surface area contributed by atoms with E-state index in [-0.39, 0.29) is 0 Å². The largest absolute Gasteiger partial charge is 0.369 e. The van der Waals surface area contributed by atoms with Crippen molar-refractivity contribution in [1.82, 2.24) is 14.5 Å². The SMILES string of the molecule is CC(C)CCCC(C)n1c(N)nc2cccnc21. The fourth-order valence-corrected chi connectivity index (χ4v) is 2.33. The van der Waals surface area contributed by atoms with Crippen LogP contribution in [0.5, 0.6) is 0 Å². The lowest BCUT2D eigenvalue weighted by Crippen LogP contribution is -2.09. The van der Waals surface area contributed by atoms with Gasteiger partial charge in [0, 0.05) is 12.2 Å². The van der Waals surface area contributed by atoms with Gasteiger partial charge in [-0.05, 0) is 31.4 Å². The van der Waals surface area contributed by atoms with E-state index < -0.39 is 0 Å². The first-order valence-electron chi connectivity index (χ1n) is 6.68. The van der Waals surface area contributed by atoms with Crippen LogP contribution in [0.25, 0.3) is 11.2 Å². The quantitative estimate of drug-likeness (QED) is 0.879. The molecule has 4 heteroatoms. The molecule has 2 heterocycles. The van der Waals surface area contributed by atoms with E-state index in [2.05, 4.69) is 35.3 Å². The molecule has 98 valence electrons. The number of imidazole rings is 1. The highest BCUT2D eigenvalue weighted by Gasteiger charge is 2.14. The molecule has 0 bridgehead atoms. The van der Waals surface area contributed by atoms with E-state index in [1.807, 2.05) is 12.1 Å². The molecule has 1 unspecified atom stereocenters. The smallest absolute Gasteiger partial charge is 0.202 e. The number of pyridine rings is 1. The Bertz CT molecular complexity index is 515. The number of fused-ring (bicyclic) bond motifs is 1. The molecule has 0 aliphatic heterocycles. The van der Waals surface area contributed by atoms with Gasteiger partial charge in [0.15, 0.2) is 5.65 Å². The first-order chi connectivity index (χ1) is 8.59. The maximum Gasteiger partial charge on any atom is 0.202 e. The van der Waals surface area contributed by atoms with Gasteiger partial charge in [0.2, 0.25) is 5.95 Å². The minimum Gasteiger partial charge on any atom is -0.369 e. The summed E-state index contributed by atoms with van der Waals surface area (Å²) in [4.78, 5) is 8.74. The van der Waals surface area contributed by atoms with E-state index in [9.17, 15) is 0 Å². The predicted molar refractivity (Wildman–Crippen MR) is 75.3 cm³/mol. The number of nitrogens with zero attached hydrogens (tertiary/aromatic N) is 3. The van der Waals surface area contributed by atoms with Crippen LogP contribution in [-0.2, 0) is 0 Å². The first kappa shape index (κ1) is 12.9. The molecular formula is C14H22N4. The zero-order valence-electron chi connectivity index (χ0n) is 11.4. The maximum atomic E-state index is 6.00. The summed E-state index contributed by atoms with van der Waals surface area (Å²) in [6, 6.07) is 4.20. The van der Waals surface area contributed by atoms with E-state index in [0.29, 0.717) is 12.0 Å². The summed E-state index contributed by atoms with van der Waals surface area (Å²) in [5, 5.41) is 0. The molecule has 0 spiro atoms. The lowest BCUT2D eigenvalue weighted by molar-refractivity contribution is 0.455. The zero-order valence-corrected chi connectivity index (χ0v) is 11.4. The predicted octanol–water partition coefficient (Wildman–Crippen LogP) is 3.40. The van der Waals surface area contributed by atoms with Crippen molar-refractivity contribution in [3.05, 3.63) is 18.3 Å². The number of hydrogen-bond donors (Lipinski definition) is 1. The Hall–Kier alpha value is -1.58. The summed E-state index contributed by atoms with van der Waals surface area (Å²) in [6.45, 7) is 6.70. The van der Waals surface area contributed by atoms with Gasteiger partial charge >= 0.3 is 0 Å². The van der Waals surface area contributed by atoms with Crippen molar-refractivity contribution < 1.29 is 0 Å². The lowest BCUT2D eigenvalue weighted by atomic mass is 10.0. The third-order valence-electron chi connectivity index (χ3n) is 3.32. The number of rotatable bonds is 5. The van der Waals surface area contributed by atoms with Gasteiger partial charge in [-0.15, -0.1) is 0 Å². The standard InChI is InChI=1S/C14H22N4/c1-10(2)6-4-7-11(3)18-13-12(17-14(18)15)8-5-9-16-13/h5,8-11H,4,6-7H2,1-3H3,(H2,15,17). The molecule has 0 aliphatic carbocycles. The second-order valence-corrected chi connectivity index (χ2v) is 5.36. The normalized spacial score (nSPS) is 13.3. The van der Waals surface area contributed by atoms with E-state index in [1.165, 1.54) is 12.8 Å². The van der Waals surface area contributed by atoms with Crippen molar-refractivity contribution in [2.75, 3.05) is 5.73 Å². The van der Waals surface area contributed by atoms with Crippen molar-refractivity contribution in [1.29, 1.82) is 0 Å². The number of nitrogen functional groups attached to an aromatic ring is 1. The van der Waals surface area contributed by atoms with Crippen LogP contribution in [0.1, 0.15) is 46.1 Å². The van der Waals surface area contributed by atoms with Crippen molar-refractivity contribution in [2.24, 2.45) is 5.92 Å². The average Bonchev–Trinajstić information content (AvgIpc) is 2.64. The molecule has 2 N–H and O–H groups in total. The van der Waals surface area contributed by atoms with Crippen LogP contribution in [0.2, 0.25) is 0 Å². The van der Waals surface area contributed by atoms with Crippen LogP contribution < -0.4 is 5.73 Å². The maximum absolute atomic E-state index is 6.00. The summed E-state index contributed by atoms with van der Waals surface area (Å²) in [6.07, 6.45) is 5.38. The summed E-state index contributed by atoms with van der Waals surface area (Å²) < 4.78 is 2.05. The molecule has 0 radical (unpaired) electrons. The average molecular weight is 246 g/mol. The molecule has 0 saturated carbocycles. The molecule has 4 nitrogen and oxygen atoms in total. The van der Waals surface area contributed by atoms with Gasteiger partial charge < -0.3 is 5.73 Å². The van der Waals surface area contributed by atoms with Crippen molar-refractivity contribution in [2.45, 2.75) is 46.1 Å². The van der Waals surface area contributed by atoms with E-state index in [4.69, 9.17) is 5.73 Å². The van der Waals surface area contributed by atoms with Gasteiger partial charge in [0.1, 0.15) is 5.52 Å². The number of hydrogen-bond acceptors (Lipinski definition) is 3. The monoisotopic (exact) mass is 246 g/mol. The fraction of sp³-hybridized carbons (Fsp3) is 0.571. The Kier molecular flexibility index (Phi) is 3.84. The minimum atomic E-state index is 0.351. The molecule has 2 aromatic heterocycles. The Morgan fingerprint density at radius 2 is 2.06 bits per heavy atom. The lowest BCUT2D eigenvalue weighted by Gasteiger charge is -2.15. The van der Waals surface area contributed by atoms with Crippen LogP contribution in [0.3, 0.4) is 0 Å². The highest BCUT2D eigenvalue weighted by atomic mass is 15.2. The first-order valence-corrected chi connectivity index (χ1v) is 6.68. The number of aromatic nitrogens is 3. The summed E-state index contributed by atoms with van der Waals surface area (Å²) in [5.41, 5.74) is 7.77. The second-order valence-electron chi connectivity index (χ2n) is 5.36. The topological polar surface area (TPSA) is 56.7 Å². The Balaban J connectivity index is 2.16. The third kappa shape index (κ3) is 2.63. The van der Waals surface area contributed by atoms with Gasteiger partial charge in [0.25, 0.3) is 0 Å². The number of anilines is 1. The van der Waals surface area contributed by atoms with Crippen LogP contribution in [-0.4, -0.2) is 14.5 Å². The Labute approximate surface area is 108 Å². The van der Waals surface area contributed by atoms with Crippen LogP contribution >= 0.6 is 0 Å². The van der Waals surface area contributed by atoms with Gasteiger partial charge in [-0.25, -0.2) is 9.97 Å². The van der Waals surface area contributed by atoms with Gasteiger partial charge in [0.05, 0.1) is 0 Å². The molecule has 2 rings (SSSR count). The Morgan fingerprint density at radius 3 is 2.78 bits per heavy atom. The second kappa shape index (κ2) is 5.38. The Morgan fingerprint density at radius 1 is 1.28 bits per heavy atom. The van der Waals surface area contributed by atoms with Crippen LogP contribution in [0.4, 0.5) is 5.95 Å². The van der Waals surface area contributed by atoms with E-state index in [1.54, 1.807) is 6.20 Å². The fourth-order valence-electron chi connectivity index (χ4n) is 2.33. The molecule has 1 atom stereocenters. The molecule has 0 amide bonds. The van der Waals surface area contributed by atoms with Crippen molar-refractivity contribution >= 4 is 17.1 Å². The van der Waals surface area contributed by atoms with Crippen LogP contribution in [0, 0.1) is 5.92 Å². The molecule has 0 saturated heterocycles. The van der Waals surface area contributed by atoms with Crippen molar-refractivity contribution in [3.8, 4) is 0 Å². The zero-order chi connectivity index (χ0) is 13.1. The molecule has 0 aliphatic rings. The van der Waals surface area contributed by atoms with E-state index in [0.717, 1.165) is 23.5 Å². The summed E-state index contributed by atoms with van der Waals surface area (Å²) in [7, 11) is 0. The minimum absolute atomic E-state index is 0.351. The number of nitrogens with two attached hydrogens (primary N) is 1. The van der Waals surface area contributed by atoms with E-state index >= 15 is 0 Å². The summed E-state index contributed by atoms with van der Waals surface area (Å²) >= 11 is 0. The molecule has 0 fully saturated rings. The molecule has 18 heavy (non-hydrogen) atoms. The molecular weight excluding hydrogens is 224 g/mol. The highest BCUT2D eigenvalue weighted by molar-refractivity contribution is 5.73. The molecule has 0 aromatic carbocycles. The van der Waals surface area contributed by atoms with Gasteiger partial charge in [-0.2, -0.15) is 0 Å². The van der Waals surface area contributed by atoms with Crippen molar-refractivity contribution in [3.63, 3.8) is 0 Å².